The number of piperazine rings is 1. The molecule has 1 saturated heterocycles. The van der Waals surface area contributed by atoms with E-state index in [0.717, 1.165) is 44.1 Å². The highest BCUT2D eigenvalue weighted by Gasteiger charge is 2.16. The normalized spacial score (nSPS) is 16.8. The Hall–Kier alpha value is -1.00. The molecule has 2 rings (SSSR count). The Balaban J connectivity index is 1.65. The molecule has 21 heavy (non-hydrogen) atoms. The van der Waals surface area contributed by atoms with E-state index in [1.54, 1.807) is 11.4 Å². The van der Waals surface area contributed by atoms with Crippen molar-refractivity contribution in [3.05, 3.63) is 17.5 Å². The van der Waals surface area contributed by atoms with Gasteiger partial charge in [-0.05, 0) is 11.4 Å². The molecule has 1 amide bonds. The molecule has 0 aliphatic carbocycles. The van der Waals surface area contributed by atoms with E-state index in [-0.39, 0.29) is 16.7 Å². The number of hydrogen-bond acceptors (Lipinski definition) is 6. The van der Waals surface area contributed by atoms with Crippen molar-refractivity contribution in [2.24, 2.45) is 0 Å². The zero-order valence-corrected chi connectivity index (χ0v) is 13.3. The highest BCUT2D eigenvalue weighted by atomic mass is 32.2. The summed E-state index contributed by atoms with van der Waals surface area (Å²) in [5.74, 6) is -0.315. The smallest absolute Gasteiger partial charge is 0.250 e. The number of amides is 1. The second-order valence-electron chi connectivity index (χ2n) is 4.70. The van der Waals surface area contributed by atoms with Gasteiger partial charge in [0, 0.05) is 39.3 Å². The van der Waals surface area contributed by atoms with Crippen LogP contribution in [0.15, 0.2) is 21.7 Å². The molecule has 1 aliphatic heterocycles. The number of sulfonamides is 1. The Morgan fingerprint density at radius 2 is 2.14 bits per heavy atom. The van der Waals surface area contributed by atoms with Crippen LogP contribution < -0.4 is 15.4 Å². The number of rotatable bonds is 7. The van der Waals surface area contributed by atoms with Gasteiger partial charge in [-0.2, -0.15) is 0 Å². The minimum atomic E-state index is -3.57. The summed E-state index contributed by atoms with van der Waals surface area (Å²) in [6.07, 6.45) is 0. The molecule has 7 nitrogen and oxygen atoms in total. The van der Waals surface area contributed by atoms with E-state index in [1.165, 1.54) is 6.07 Å². The third kappa shape index (κ3) is 5.36. The zero-order valence-electron chi connectivity index (χ0n) is 11.7. The highest BCUT2D eigenvalue weighted by Crippen LogP contribution is 2.14. The molecular formula is C12H20N4O3S2. The third-order valence-electron chi connectivity index (χ3n) is 3.14. The van der Waals surface area contributed by atoms with Crippen molar-refractivity contribution in [3.8, 4) is 0 Å². The van der Waals surface area contributed by atoms with Crippen LogP contribution in [0.1, 0.15) is 0 Å². The summed E-state index contributed by atoms with van der Waals surface area (Å²) in [6, 6.07) is 3.17. The molecule has 0 unspecified atom stereocenters. The second-order valence-corrected chi connectivity index (χ2v) is 7.64. The quantitative estimate of drug-likeness (QED) is 0.599. The topological polar surface area (TPSA) is 90.5 Å². The van der Waals surface area contributed by atoms with E-state index in [4.69, 9.17) is 0 Å². The molecule has 0 spiro atoms. The first-order valence-electron chi connectivity index (χ1n) is 6.81. The molecule has 9 heteroatoms. The van der Waals surface area contributed by atoms with E-state index in [2.05, 4.69) is 20.3 Å². The Bertz CT molecular complexity index is 539. The van der Waals surface area contributed by atoms with Gasteiger partial charge in [0.25, 0.3) is 10.0 Å². The standard InChI is InChI=1S/C12H20N4O3S2/c17-11(14-5-8-16-6-3-13-4-7-16)10-15-21(18,19)12-2-1-9-20-12/h1-2,9,13,15H,3-8,10H2,(H,14,17). The number of hydrogen-bond donors (Lipinski definition) is 3. The molecule has 0 radical (unpaired) electrons. The van der Waals surface area contributed by atoms with Crippen LogP contribution in [-0.4, -0.2) is 65.0 Å². The largest absolute Gasteiger partial charge is 0.354 e. The Kier molecular flexibility index (Phi) is 6.12. The zero-order chi connectivity index (χ0) is 15.1. The van der Waals surface area contributed by atoms with E-state index in [9.17, 15) is 13.2 Å². The molecule has 1 fully saturated rings. The van der Waals surface area contributed by atoms with Crippen LogP contribution >= 0.6 is 11.3 Å². The second kappa shape index (κ2) is 7.85. The number of thiophene rings is 1. The van der Waals surface area contributed by atoms with E-state index < -0.39 is 10.0 Å². The summed E-state index contributed by atoms with van der Waals surface area (Å²) >= 11 is 1.12. The highest BCUT2D eigenvalue weighted by molar-refractivity contribution is 7.91. The summed E-state index contributed by atoms with van der Waals surface area (Å²) in [4.78, 5) is 13.9. The number of nitrogens with one attached hydrogen (secondary N) is 3. The van der Waals surface area contributed by atoms with E-state index in [0.29, 0.717) is 6.54 Å². The van der Waals surface area contributed by atoms with Crippen LogP contribution in [0.4, 0.5) is 0 Å². The third-order valence-corrected chi connectivity index (χ3v) is 5.94. The maximum Gasteiger partial charge on any atom is 0.250 e. The lowest BCUT2D eigenvalue weighted by molar-refractivity contribution is -0.120. The van der Waals surface area contributed by atoms with Gasteiger partial charge in [-0.25, -0.2) is 13.1 Å². The van der Waals surface area contributed by atoms with Crippen LogP contribution in [0, 0.1) is 0 Å². The lowest BCUT2D eigenvalue weighted by atomic mass is 10.3. The van der Waals surface area contributed by atoms with Crippen molar-refractivity contribution in [2.45, 2.75) is 4.21 Å². The van der Waals surface area contributed by atoms with Gasteiger partial charge in [-0.1, -0.05) is 6.07 Å². The number of carbonyl (C=O) groups excluding carboxylic acids is 1. The summed E-state index contributed by atoms with van der Waals surface area (Å²) in [6.45, 7) is 4.96. The summed E-state index contributed by atoms with van der Waals surface area (Å²) in [5.41, 5.74) is 0. The first-order chi connectivity index (χ1) is 10.1. The van der Waals surface area contributed by atoms with Gasteiger partial charge >= 0.3 is 0 Å². The average Bonchev–Trinajstić information content (AvgIpc) is 3.01. The van der Waals surface area contributed by atoms with Crippen molar-refractivity contribution in [3.63, 3.8) is 0 Å². The van der Waals surface area contributed by atoms with Gasteiger partial charge in [-0.3, -0.25) is 9.69 Å². The lowest BCUT2D eigenvalue weighted by Crippen LogP contribution is -2.47. The maximum atomic E-state index is 11.8. The Labute approximate surface area is 128 Å². The number of carbonyl (C=O) groups is 1. The molecule has 1 aromatic heterocycles. The molecule has 1 aliphatic rings. The summed E-state index contributed by atoms with van der Waals surface area (Å²) in [5, 5.41) is 7.67. The van der Waals surface area contributed by atoms with Gasteiger partial charge < -0.3 is 10.6 Å². The van der Waals surface area contributed by atoms with Crippen molar-refractivity contribution in [1.82, 2.24) is 20.3 Å². The van der Waals surface area contributed by atoms with Crippen LogP contribution in [0.2, 0.25) is 0 Å². The molecule has 0 atom stereocenters. The van der Waals surface area contributed by atoms with Crippen LogP contribution in [0.3, 0.4) is 0 Å². The fourth-order valence-corrected chi connectivity index (χ4v) is 4.02. The molecule has 118 valence electrons. The van der Waals surface area contributed by atoms with Crippen LogP contribution in [-0.2, 0) is 14.8 Å². The molecular weight excluding hydrogens is 312 g/mol. The predicted molar refractivity (Wildman–Crippen MR) is 81.8 cm³/mol. The Morgan fingerprint density at radius 3 is 2.81 bits per heavy atom. The maximum absolute atomic E-state index is 11.8. The minimum Gasteiger partial charge on any atom is -0.354 e. The molecule has 1 aromatic rings. The van der Waals surface area contributed by atoms with Crippen LogP contribution in [0.25, 0.3) is 0 Å². The molecule has 0 saturated carbocycles. The summed E-state index contributed by atoms with van der Waals surface area (Å²) < 4.78 is 26.2. The number of nitrogens with zero attached hydrogens (tertiary/aromatic N) is 1. The van der Waals surface area contributed by atoms with Gasteiger partial charge in [-0.15, -0.1) is 11.3 Å². The fraction of sp³-hybridized carbons (Fsp3) is 0.583. The lowest BCUT2D eigenvalue weighted by Gasteiger charge is -2.27. The van der Waals surface area contributed by atoms with Gasteiger partial charge in [0.05, 0.1) is 6.54 Å². The van der Waals surface area contributed by atoms with Gasteiger partial charge in [0.2, 0.25) is 5.91 Å². The molecule has 2 heterocycles. The predicted octanol–water partition coefficient (Wildman–Crippen LogP) is -0.952. The monoisotopic (exact) mass is 332 g/mol. The summed E-state index contributed by atoms with van der Waals surface area (Å²) in [7, 11) is -3.57. The SMILES string of the molecule is O=C(CNS(=O)(=O)c1cccs1)NCCN1CCNCC1. The Morgan fingerprint density at radius 1 is 1.38 bits per heavy atom. The molecule has 0 aromatic carbocycles. The van der Waals surface area contributed by atoms with Crippen molar-refractivity contribution in [1.29, 1.82) is 0 Å². The van der Waals surface area contributed by atoms with E-state index >= 15 is 0 Å². The first-order valence-corrected chi connectivity index (χ1v) is 9.17. The molecule has 0 bridgehead atoms. The van der Waals surface area contributed by atoms with Gasteiger partial charge in [0.15, 0.2) is 0 Å². The first kappa shape index (κ1) is 16.4. The minimum absolute atomic E-state index is 0.219. The van der Waals surface area contributed by atoms with Crippen molar-refractivity contribution >= 4 is 27.3 Å². The van der Waals surface area contributed by atoms with Crippen molar-refractivity contribution < 1.29 is 13.2 Å². The van der Waals surface area contributed by atoms with Gasteiger partial charge in [0.1, 0.15) is 4.21 Å². The van der Waals surface area contributed by atoms with Crippen LogP contribution in [0.5, 0.6) is 0 Å². The fourth-order valence-electron chi connectivity index (χ4n) is 2.00. The average molecular weight is 332 g/mol. The molecule has 3 N–H and O–H groups in total. The van der Waals surface area contributed by atoms with Crippen molar-refractivity contribution in [2.75, 3.05) is 45.8 Å². The van der Waals surface area contributed by atoms with E-state index in [1.807, 2.05) is 0 Å².